The van der Waals surface area contributed by atoms with Gasteiger partial charge in [-0.05, 0) is 25.7 Å². The second kappa shape index (κ2) is 6.92. The minimum absolute atomic E-state index is 0.435. The Bertz CT molecular complexity index is 485. The van der Waals surface area contributed by atoms with E-state index in [0.29, 0.717) is 18.2 Å². The van der Waals surface area contributed by atoms with Crippen molar-refractivity contribution < 1.29 is 9.84 Å². The van der Waals surface area contributed by atoms with Crippen molar-refractivity contribution in [2.24, 2.45) is 11.3 Å². The number of aromatic nitrogens is 3. The van der Waals surface area contributed by atoms with Crippen molar-refractivity contribution in [1.29, 1.82) is 0 Å². The molecule has 0 aliphatic heterocycles. The number of nitrogens with zero attached hydrogens (tertiary/aromatic N) is 3. The third kappa shape index (κ3) is 3.58. The molecule has 0 saturated heterocycles. The summed E-state index contributed by atoms with van der Waals surface area (Å²) in [6.07, 6.45) is 11.4. The first-order valence-corrected chi connectivity index (χ1v) is 8.32. The molecule has 22 heavy (non-hydrogen) atoms. The fraction of sp³-hybridized carbons (Fsp3) is 0.765. The number of allylic oxidation sites excluding steroid dienone is 1. The van der Waals surface area contributed by atoms with Crippen molar-refractivity contribution in [3.05, 3.63) is 18.7 Å². The maximum absolute atomic E-state index is 11.3. The summed E-state index contributed by atoms with van der Waals surface area (Å²) in [5.74, 6) is -0.935. The SMILES string of the molecule is CCOC(O)(/C(=C/C1CCCCC1)n1cncn1)C(C)(C)C. The molecule has 0 spiro atoms. The molecule has 1 heterocycles. The monoisotopic (exact) mass is 307 g/mol. The molecule has 5 nitrogen and oxygen atoms in total. The van der Waals surface area contributed by atoms with Gasteiger partial charge in [0.2, 0.25) is 5.79 Å². The minimum Gasteiger partial charge on any atom is -0.360 e. The summed E-state index contributed by atoms with van der Waals surface area (Å²) in [6.45, 7) is 8.28. The highest BCUT2D eigenvalue weighted by Gasteiger charge is 2.46. The molecule has 1 atom stereocenters. The van der Waals surface area contributed by atoms with Gasteiger partial charge in [0.15, 0.2) is 0 Å². The normalized spacial score (nSPS) is 20.9. The number of ether oxygens (including phenoxy) is 1. The van der Waals surface area contributed by atoms with Crippen LogP contribution >= 0.6 is 0 Å². The number of hydrogen-bond donors (Lipinski definition) is 1. The predicted molar refractivity (Wildman–Crippen MR) is 86.9 cm³/mol. The van der Waals surface area contributed by atoms with Crippen LogP contribution in [-0.4, -0.2) is 32.3 Å². The second-order valence-corrected chi connectivity index (χ2v) is 7.12. The first-order chi connectivity index (χ1) is 10.4. The van der Waals surface area contributed by atoms with Gasteiger partial charge in [-0.1, -0.05) is 46.1 Å². The van der Waals surface area contributed by atoms with Crippen molar-refractivity contribution in [3.8, 4) is 0 Å². The second-order valence-electron chi connectivity index (χ2n) is 7.12. The van der Waals surface area contributed by atoms with Crippen molar-refractivity contribution in [3.63, 3.8) is 0 Å². The lowest BCUT2D eigenvalue weighted by atomic mass is 9.80. The van der Waals surface area contributed by atoms with Gasteiger partial charge in [0.1, 0.15) is 12.7 Å². The Morgan fingerprint density at radius 2 is 2.00 bits per heavy atom. The van der Waals surface area contributed by atoms with E-state index in [9.17, 15) is 5.11 Å². The smallest absolute Gasteiger partial charge is 0.214 e. The van der Waals surface area contributed by atoms with E-state index >= 15 is 0 Å². The van der Waals surface area contributed by atoms with Crippen LogP contribution in [0, 0.1) is 11.3 Å². The molecule has 1 aromatic rings. The van der Waals surface area contributed by atoms with Crippen LogP contribution < -0.4 is 0 Å². The summed E-state index contributed by atoms with van der Waals surface area (Å²) in [4.78, 5) is 4.04. The van der Waals surface area contributed by atoms with Gasteiger partial charge in [-0.15, -0.1) is 0 Å². The Kier molecular flexibility index (Phi) is 5.40. The predicted octanol–water partition coefficient (Wildman–Crippen LogP) is 3.47. The summed E-state index contributed by atoms with van der Waals surface area (Å²) in [5, 5.41) is 15.6. The first kappa shape index (κ1) is 17.2. The summed E-state index contributed by atoms with van der Waals surface area (Å²) in [5.41, 5.74) is 0.210. The van der Waals surface area contributed by atoms with E-state index < -0.39 is 11.2 Å². The van der Waals surface area contributed by atoms with Crippen molar-refractivity contribution in [1.82, 2.24) is 14.8 Å². The van der Waals surface area contributed by atoms with E-state index in [1.54, 1.807) is 11.0 Å². The molecule has 1 aliphatic carbocycles. The van der Waals surface area contributed by atoms with E-state index in [4.69, 9.17) is 4.74 Å². The van der Waals surface area contributed by atoms with Crippen LogP contribution in [0.25, 0.3) is 5.70 Å². The van der Waals surface area contributed by atoms with Gasteiger partial charge in [-0.3, -0.25) is 0 Å². The highest BCUT2D eigenvalue weighted by atomic mass is 16.6. The summed E-state index contributed by atoms with van der Waals surface area (Å²) in [7, 11) is 0. The van der Waals surface area contributed by atoms with Crippen molar-refractivity contribution in [2.45, 2.75) is 65.6 Å². The molecular weight excluding hydrogens is 278 g/mol. The van der Waals surface area contributed by atoms with E-state index in [1.165, 1.54) is 25.6 Å². The molecule has 0 aromatic carbocycles. The Hall–Kier alpha value is -1.20. The van der Waals surface area contributed by atoms with Gasteiger partial charge in [-0.2, -0.15) is 5.10 Å². The Balaban J connectivity index is 2.44. The van der Waals surface area contributed by atoms with Gasteiger partial charge in [0.05, 0.1) is 5.70 Å². The molecule has 1 unspecified atom stereocenters. The number of rotatable bonds is 5. The maximum atomic E-state index is 11.3. The van der Waals surface area contributed by atoms with E-state index in [1.807, 2.05) is 27.7 Å². The molecule has 0 bridgehead atoms. The topological polar surface area (TPSA) is 60.2 Å². The van der Waals surface area contributed by atoms with Crippen LogP contribution in [-0.2, 0) is 4.74 Å². The third-order valence-corrected chi connectivity index (χ3v) is 4.43. The van der Waals surface area contributed by atoms with Gasteiger partial charge in [0, 0.05) is 12.0 Å². The molecule has 2 rings (SSSR count). The van der Waals surface area contributed by atoms with Crippen molar-refractivity contribution in [2.75, 3.05) is 6.61 Å². The summed E-state index contributed by atoms with van der Waals surface area (Å²) >= 11 is 0. The van der Waals surface area contributed by atoms with Gasteiger partial charge in [-0.25, -0.2) is 9.67 Å². The maximum Gasteiger partial charge on any atom is 0.214 e. The van der Waals surface area contributed by atoms with Crippen LogP contribution in [0.4, 0.5) is 0 Å². The summed E-state index contributed by atoms with van der Waals surface area (Å²) in [6, 6.07) is 0. The molecule has 0 radical (unpaired) electrons. The Morgan fingerprint density at radius 3 is 2.50 bits per heavy atom. The minimum atomic E-state index is -1.40. The first-order valence-electron chi connectivity index (χ1n) is 8.32. The average molecular weight is 307 g/mol. The molecule has 1 fully saturated rings. The molecule has 1 N–H and O–H groups in total. The zero-order chi connectivity index (χ0) is 16.2. The summed E-state index contributed by atoms with van der Waals surface area (Å²) < 4.78 is 7.47. The Labute approximate surface area is 133 Å². The molecule has 5 heteroatoms. The molecular formula is C17H29N3O2. The average Bonchev–Trinajstić information content (AvgIpc) is 2.98. The Morgan fingerprint density at radius 1 is 1.32 bits per heavy atom. The third-order valence-electron chi connectivity index (χ3n) is 4.43. The van der Waals surface area contributed by atoms with Gasteiger partial charge < -0.3 is 9.84 Å². The van der Waals surface area contributed by atoms with Crippen LogP contribution in [0.1, 0.15) is 59.8 Å². The van der Waals surface area contributed by atoms with E-state index in [2.05, 4.69) is 16.2 Å². The lowest BCUT2D eigenvalue weighted by Crippen LogP contribution is -2.48. The lowest BCUT2D eigenvalue weighted by Gasteiger charge is -2.41. The molecule has 1 aromatic heterocycles. The van der Waals surface area contributed by atoms with Crippen LogP contribution in [0.5, 0.6) is 0 Å². The van der Waals surface area contributed by atoms with E-state index in [-0.39, 0.29) is 0 Å². The zero-order valence-electron chi connectivity index (χ0n) is 14.2. The molecule has 0 amide bonds. The molecule has 124 valence electrons. The van der Waals surface area contributed by atoms with Crippen LogP contribution in [0.15, 0.2) is 18.7 Å². The van der Waals surface area contributed by atoms with E-state index in [0.717, 1.165) is 12.8 Å². The molecule has 1 saturated carbocycles. The van der Waals surface area contributed by atoms with Crippen LogP contribution in [0.3, 0.4) is 0 Å². The zero-order valence-corrected chi connectivity index (χ0v) is 14.2. The largest absolute Gasteiger partial charge is 0.360 e. The fourth-order valence-electron chi connectivity index (χ4n) is 3.08. The standard InChI is InChI=1S/C17H29N3O2/c1-5-22-17(21,16(2,3)4)15(20-13-18-12-19-20)11-14-9-7-6-8-10-14/h11-14,21H,5-10H2,1-4H3/b15-11-. The van der Waals surface area contributed by atoms with Gasteiger partial charge >= 0.3 is 0 Å². The van der Waals surface area contributed by atoms with Crippen molar-refractivity contribution >= 4 is 5.70 Å². The number of hydrogen-bond acceptors (Lipinski definition) is 4. The van der Waals surface area contributed by atoms with Gasteiger partial charge in [0.25, 0.3) is 0 Å². The lowest BCUT2D eigenvalue weighted by molar-refractivity contribution is -0.218. The highest BCUT2D eigenvalue weighted by Crippen LogP contribution is 2.41. The number of aliphatic hydroxyl groups is 1. The fourth-order valence-corrected chi connectivity index (χ4v) is 3.08. The quantitative estimate of drug-likeness (QED) is 0.846. The molecule has 1 aliphatic rings. The highest BCUT2D eigenvalue weighted by molar-refractivity contribution is 5.53. The van der Waals surface area contributed by atoms with Crippen LogP contribution in [0.2, 0.25) is 0 Å².